The molecule has 8 nitrogen and oxygen atoms in total. The first-order valence-electron chi connectivity index (χ1n) is 9.98. The summed E-state index contributed by atoms with van der Waals surface area (Å²) >= 11 is 0. The minimum absolute atomic E-state index is 0.0778. The van der Waals surface area contributed by atoms with Crippen LogP contribution in [0.15, 0.2) is 30.3 Å². The number of hydrogen-bond donors (Lipinski definition) is 2. The number of nitrogens with zero attached hydrogens (tertiary/aromatic N) is 1. The van der Waals surface area contributed by atoms with Crippen LogP contribution in [0.4, 0.5) is 4.79 Å². The van der Waals surface area contributed by atoms with Crippen molar-refractivity contribution in [3.63, 3.8) is 0 Å². The smallest absolute Gasteiger partial charge is 0.408 e. The summed E-state index contributed by atoms with van der Waals surface area (Å²) < 4.78 is 30.6. The van der Waals surface area contributed by atoms with E-state index in [0.29, 0.717) is 25.9 Å². The predicted octanol–water partition coefficient (Wildman–Crippen LogP) is 1.87. The van der Waals surface area contributed by atoms with Crippen molar-refractivity contribution in [1.29, 1.82) is 0 Å². The number of rotatable bonds is 8. The minimum Gasteiger partial charge on any atom is -0.445 e. The van der Waals surface area contributed by atoms with Crippen LogP contribution in [0.1, 0.15) is 39.2 Å². The lowest BCUT2D eigenvalue weighted by Gasteiger charge is -2.32. The Bertz CT molecular complexity index is 775. The number of sulfonamides is 1. The number of nitrogens with one attached hydrogen (secondary N) is 2. The molecule has 0 aliphatic carbocycles. The largest absolute Gasteiger partial charge is 0.445 e. The van der Waals surface area contributed by atoms with Crippen LogP contribution in [0.3, 0.4) is 0 Å². The molecule has 1 heterocycles. The molecule has 162 valence electrons. The number of alkyl carbamates (subject to hydrolysis) is 1. The average Bonchev–Trinajstić information content (AvgIpc) is 2.71. The third kappa shape index (κ3) is 7.01. The summed E-state index contributed by atoms with van der Waals surface area (Å²) in [6.07, 6.45) is 0.453. The van der Waals surface area contributed by atoms with Crippen LogP contribution in [0.5, 0.6) is 0 Å². The van der Waals surface area contributed by atoms with Crippen LogP contribution >= 0.6 is 0 Å². The molecule has 1 aromatic rings. The first kappa shape index (κ1) is 23.2. The van der Waals surface area contributed by atoms with E-state index in [1.165, 1.54) is 4.31 Å². The van der Waals surface area contributed by atoms with Gasteiger partial charge >= 0.3 is 6.09 Å². The van der Waals surface area contributed by atoms with Crippen molar-refractivity contribution < 1.29 is 22.7 Å². The van der Waals surface area contributed by atoms with Gasteiger partial charge in [-0.25, -0.2) is 17.5 Å². The SMILES string of the molecule is CCS(=O)(=O)N1CCC(NC(=O)[C@@H](NC(=O)OCc2ccccc2)C(C)C)CC1. The number of carbonyl (C=O) groups excluding carboxylic acids is 2. The van der Waals surface area contributed by atoms with Gasteiger partial charge in [-0.05, 0) is 31.2 Å². The van der Waals surface area contributed by atoms with Gasteiger partial charge in [0.15, 0.2) is 0 Å². The van der Waals surface area contributed by atoms with Crippen molar-refractivity contribution in [3.8, 4) is 0 Å². The third-order valence-corrected chi connectivity index (χ3v) is 6.88. The molecule has 29 heavy (non-hydrogen) atoms. The van der Waals surface area contributed by atoms with Crippen LogP contribution in [0.25, 0.3) is 0 Å². The van der Waals surface area contributed by atoms with E-state index >= 15 is 0 Å². The van der Waals surface area contributed by atoms with Crippen molar-refractivity contribution in [2.24, 2.45) is 5.92 Å². The molecule has 0 unspecified atom stereocenters. The Hall–Kier alpha value is -2.13. The number of piperidine rings is 1. The average molecular weight is 426 g/mol. The summed E-state index contributed by atoms with van der Waals surface area (Å²) in [7, 11) is -3.20. The Kier molecular flexibility index (Phi) is 8.45. The molecule has 9 heteroatoms. The number of hydrogen-bond acceptors (Lipinski definition) is 5. The summed E-state index contributed by atoms with van der Waals surface area (Å²) in [5, 5.41) is 5.58. The van der Waals surface area contributed by atoms with Crippen LogP contribution in [-0.2, 0) is 26.2 Å². The topological polar surface area (TPSA) is 105 Å². The van der Waals surface area contributed by atoms with Gasteiger partial charge in [0.25, 0.3) is 0 Å². The Morgan fingerprint density at radius 2 is 1.79 bits per heavy atom. The molecule has 1 atom stereocenters. The predicted molar refractivity (Wildman–Crippen MR) is 111 cm³/mol. The van der Waals surface area contributed by atoms with Gasteiger partial charge in [0, 0.05) is 19.1 Å². The maximum Gasteiger partial charge on any atom is 0.408 e. The summed E-state index contributed by atoms with van der Waals surface area (Å²) in [4.78, 5) is 24.8. The second-order valence-electron chi connectivity index (χ2n) is 7.51. The van der Waals surface area contributed by atoms with Crippen molar-refractivity contribution in [2.75, 3.05) is 18.8 Å². The summed E-state index contributed by atoms with van der Waals surface area (Å²) in [6.45, 7) is 6.22. The molecule has 0 radical (unpaired) electrons. The zero-order valence-corrected chi connectivity index (χ0v) is 18.1. The molecule has 1 aromatic carbocycles. The van der Waals surface area contributed by atoms with Gasteiger partial charge in [-0.1, -0.05) is 44.2 Å². The van der Waals surface area contributed by atoms with Crippen molar-refractivity contribution in [1.82, 2.24) is 14.9 Å². The maximum atomic E-state index is 12.7. The monoisotopic (exact) mass is 425 g/mol. The lowest BCUT2D eigenvalue weighted by molar-refractivity contribution is -0.125. The Morgan fingerprint density at radius 1 is 1.17 bits per heavy atom. The quantitative estimate of drug-likeness (QED) is 0.662. The van der Waals surface area contributed by atoms with Gasteiger partial charge in [0.2, 0.25) is 15.9 Å². The van der Waals surface area contributed by atoms with Crippen LogP contribution < -0.4 is 10.6 Å². The molecule has 1 aliphatic rings. The van der Waals surface area contributed by atoms with Crippen LogP contribution in [0, 0.1) is 5.92 Å². The molecule has 1 aliphatic heterocycles. The van der Waals surface area contributed by atoms with E-state index in [-0.39, 0.29) is 30.2 Å². The zero-order valence-electron chi connectivity index (χ0n) is 17.3. The first-order chi connectivity index (χ1) is 13.7. The summed E-state index contributed by atoms with van der Waals surface area (Å²) in [6, 6.07) is 8.46. The van der Waals surface area contributed by atoms with Crippen molar-refractivity contribution >= 4 is 22.0 Å². The molecular weight excluding hydrogens is 394 g/mol. The Morgan fingerprint density at radius 3 is 2.34 bits per heavy atom. The lowest BCUT2D eigenvalue weighted by atomic mass is 10.0. The van der Waals surface area contributed by atoms with Gasteiger partial charge in [-0.2, -0.15) is 0 Å². The highest BCUT2D eigenvalue weighted by atomic mass is 32.2. The maximum absolute atomic E-state index is 12.7. The van der Waals surface area contributed by atoms with Gasteiger partial charge in [-0.15, -0.1) is 0 Å². The summed E-state index contributed by atoms with van der Waals surface area (Å²) in [5.74, 6) is -0.331. The van der Waals surface area contributed by atoms with Crippen molar-refractivity contribution in [2.45, 2.75) is 52.3 Å². The Labute approximate surface area is 173 Å². The molecular formula is C20H31N3O5S. The summed E-state index contributed by atoms with van der Waals surface area (Å²) in [5.41, 5.74) is 0.863. The van der Waals surface area contributed by atoms with Gasteiger partial charge in [0.05, 0.1) is 5.75 Å². The van der Waals surface area contributed by atoms with Gasteiger partial charge < -0.3 is 15.4 Å². The number of benzene rings is 1. The molecule has 2 N–H and O–H groups in total. The first-order valence-corrected chi connectivity index (χ1v) is 11.6. The van der Waals surface area contributed by atoms with E-state index in [2.05, 4.69) is 10.6 Å². The Balaban J connectivity index is 1.84. The van der Waals surface area contributed by atoms with E-state index in [4.69, 9.17) is 4.74 Å². The third-order valence-electron chi connectivity index (χ3n) is 4.99. The second-order valence-corrected chi connectivity index (χ2v) is 9.77. The molecule has 1 saturated heterocycles. The highest BCUT2D eigenvalue weighted by Gasteiger charge is 2.30. The molecule has 0 aromatic heterocycles. The van der Waals surface area contributed by atoms with Gasteiger partial charge in [-0.3, -0.25) is 4.79 Å². The zero-order chi connectivity index (χ0) is 21.4. The molecule has 0 saturated carbocycles. The standard InChI is InChI=1S/C20H31N3O5S/c1-4-29(26,27)23-12-10-17(11-13-23)21-19(24)18(15(2)3)22-20(25)28-14-16-8-6-5-7-9-16/h5-9,15,17-18H,4,10-14H2,1-3H3,(H,21,24)(H,22,25)/t18-/m0/s1. The van der Waals surface area contributed by atoms with Gasteiger partial charge in [0.1, 0.15) is 12.6 Å². The van der Waals surface area contributed by atoms with E-state index in [9.17, 15) is 18.0 Å². The second kappa shape index (κ2) is 10.6. The fourth-order valence-corrected chi connectivity index (χ4v) is 4.31. The van der Waals surface area contributed by atoms with E-state index in [1.807, 2.05) is 44.2 Å². The number of ether oxygens (including phenoxy) is 1. The van der Waals surface area contributed by atoms with Crippen LogP contribution in [0.2, 0.25) is 0 Å². The highest BCUT2D eigenvalue weighted by molar-refractivity contribution is 7.89. The fraction of sp³-hybridized carbons (Fsp3) is 0.600. The van der Waals surface area contributed by atoms with Crippen LogP contribution in [-0.4, -0.2) is 55.6 Å². The van der Waals surface area contributed by atoms with E-state index < -0.39 is 22.2 Å². The van der Waals surface area contributed by atoms with E-state index in [1.54, 1.807) is 6.92 Å². The molecule has 0 spiro atoms. The van der Waals surface area contributed by atoms with Crippen molar-refractivity contribution in [3.05, 3.63) is 35.9 Å². The fourth-order valence-electron chi connectivity index (χ4n) is 3.18. The highest BCUT2D eigenvalue weighted by Crippen LogP contribution is 2.15. The number of amides is 2. The number of carbonyl (C=O) groups is 2. The normalized spacial score (nSPS) is 17.0. The minimum atomic E-state index is -3.20. The lowest BCUT2D eigenvalue weighted by Crippen LogP contribution is -2.54. The molecule has 2 amide bonds. The molecule has 2 rings (SSSR count). The molecule has 0 bridgehead atoms. The molecule has 1 fully saturated rings. The van der Waals surface area contributed by atoms with E-state index in [0.717, 1.165) is 5.56 Å².